The summed E-state index contributed by atoms with van der Waals surface area (Å²) in [6.45, 7) is 0. The molecule has 57 heavy (non-hydrogen) atoms. The minimum Gasteiger partial charge on any atom is -0.247 e. The van der Waals surface area contributed by atoms with Crippen LogP contribution in [-0.4, -0.2) is 15.0 Å². The maximum absolute atomic E-state index is 5.39. The zero-order valence-corrected chi connectivity index (χ0v) is 31.6. The van der Waals surface area contributed by atoms with Crippen LogP contribution in [0.5, 0.6) is 0 Å². The van der Waals surface area contributed by atoms with Crippen LogP contribution in [-0.2, 0) is 0 Å². The first-order valence-electron chi connectivity index (χ1n) is 19.2. The highest BCUT2D eigenvalue weighted by Crippen LogP contribution is 2.44. The molecule has 0 bridgehead atoms. The molecule has 0 atom stereocenters. The van der Waals surface area contributed by atoms with E-state index in [1.54, 1.807) is 0 Å². The number of hydrogen-bond acceptors (Lipinski definition) is 4. The first-order valence-corrected chi connectivity index (χ1v) is 20.0. The molecule has 266 valence electrons. The Balaban J connectivity index is 1.04. The van der Waals surface area contributed by atoms with Gasteiger partial charge in [0.15, 0.2) is 5.82 Å². The van der Waals surface area contributed by atoms with E-state index in [0.29, 0.717) is 5.82 Å². The van der Waals surface area contributed by atoms with Crippen LogP contribution in [0.1, 0.15) is 0 Å². The van der Waals surface area contributed by atoms with Gasteiger partial charge < -0.3 is 0 Å². The predicted molar refractivity (Wildman–Crippen MR) is 240 cm³/mol. The second kappa shape index (κ2) is 13.8. The van der Waals surface area contributed by atoms with Crippen molar-refractivity contribution in [3.8, 4) is 67.4 Å². The third kappa shape index (κ3) is 5.86. The van der Waals surface area contributed by atoms with Crippen LogP contribution in [0, 0.1) is 0 Å². The van der Waals surface area contributed by atoms with E-state index in [4.69, 9.17) is 15.0 Å². The lowest BCUT2D eigenvalue weighted by Gasteiger charge is -2.14. The molecular weight excluding hydrogens is 711 g/mol. The van der Waals surface area contributed by atoms with E-state index in [-0.39, 0.29) is 0 Å². The van der Waals surface area contributed by atoms with E-state index < -0.39 is 0 Å². The van der Waals surface area contributed by atoms with Gasteiger partial charge in [-0.15, -0.1) is 11.3 Å². The Hall–Kier alpha value is -7.27. The van der Waals surface area contributed by atoms with Crippen molar-refractivity contribution >= 4 is 53.2 Å². The van der Waals surface area contributed by atoms with E-state index in [0.717, 1.165) is 72.5 Å². The van der Waals surface area contributed by atoms with Crippen molar-refractivity contribution in [3.05, 3.63) is 200 Å². The first-order chi connectivity index (χ1) is 28.2. The second-order valence-corrected chi connectivity index (χ2v) is 15.4. The maximum Gasteiger partial charge on any atom is 0.160 e. The normalized spacial score (nSPS) is 11.5. The fraction of sp³-hybridized carbons (Fsp3) is 0. The van der Waals surface area contributed by atoms with Gasteiger partial charge in [0.2, 0.25) is 0 Å². The number of aromatic nitrogens is 3. The van der Waals surface area contributed by atoms with Gasteiger partial charge in [0.25, 0.3) is 0 Å². The quantitative estimate of drug-likeness (QED) is 0.159. The molecule has 3 heterocycles. The molecule has 0 amide bonds. The topological polar surface area (TPSA) is 38.7 Å². The van der Waals surface area contributed by atoms with E-state index in [2.05, 4.69) is 176 Å². The van der Waals surface area contributed by atoms with Crippen LogP contribution < -0.4 is 0 Å². The van der Waals surface area contributed by atoms with Crippen molar-refractivity contribution in [1.82, 2.24) is 15.0 Å². The summed E-state index contributed by atoms with van der Waals surface area (Å²) in [5.74, 6) is 0.699. The minimum atomic E-state index is 0.699. The fourth-order valence-electron chi connectivity index (χ4n) is 8.16. The molecule has 0 aliphatic heterocycles. The number of benzene rings is 8. The number of rotatable bonds is 6. The summed E-state index contributed by atoms with van der Waals surface area (Å²) in [4.78, 5) is 15.7. The molecule has 3 nitrogen and oxygen atoms in total. The van der Waals surface area contributed by atoms with Gasteiger partial charge in [-0.2, -0.15) is 0 Å². The smallest absolute Gasteiger partial charge is 0.160 e. The van der Waals surface area contributed by atoms with Crippen LogP contribution in [0.2, 0.25) is 0 Å². The molecule has 0 spiro atoms. The average molecular weight is 744 g/mol. The third-order valence-electron chi connectivity index (χ3n) is 10.9. The molecule has 0 N–H and O–H groups in total. The van der Waals surface area contributed by atoms with Crippen LogP contribution in [0.4, 0.5) is 0 Å². The molecule has 0 aliphatic carbocycles. The van der Waals surface area contributed by atoms with Gasteiger partial charge >= 0.3 is 0 Å². The first kappa shape index (κ1) is 33.1. The lowest BCUT2D eigenvalue weighted by molar-refractivity contribution is 1.18. The lowest BCUT2D eigenvalue weighted by atomic mass is 9.94. The molecule has 0 saturated heterocycles. The van der Waals surface area contributed by atoms with Crippen LogP contribution in [0.25, 0.3) is 109 Å². The molecule has 0 unspecified atom stereocenters. The molecular formula is C53H33N3S. The molecule has 11 aromatic rings. The highest BCUT2D eigenvalue weighted by Gasteiger charge is 2.18. The zero-order chi connectivity index (χ0) is 37.7. The largest absolute Gasteiger partial charge is 0.247 e. The number of hydrogen-bond donors (Lipinski definition) is 0. The Bertz CT molecular complexity index is 3260. The van der Waals surface area contributed by atoms with E-state index in [1.165, 1.54) is 30.9 Å². The Labute approximate surface area is 334 Å². The lowest BCUT2D eigenvalue weighted by Crippen LogP contribution is -1.97. The number of fused-ring (bicyclic) bond motifs is 7. The molecule has 0 aliphatic rings. The summed E-state index contributed by atoms with van der Waals surface area (Å²) >= 11 is 1.86. The Morgan fingerprint density at radius 2 is 0.912 bits per heavy atom. The van der Waals surface area contributed by atoms with Crippen LogP contribution >= 0.6 is 11.3 Å². The van der Waals surface area contributed by atoms with E-state index >= 15 is 0 Å². The molecule has 4 heteroatoms. The summed E-state index contributed by atoms with van der Waals surface area (Å²) in [7, 11) is 0. The van der Waals surface area contributed by atoms with Crippen molar-refractivity contribution in [3.63, 3.8) is 0 Å². The van der Waals surface area contributed by atoms with E-state index in [9.17, 15) is 0 Å². The molecule has 0 saturated carbocycles. The van der Waals surface area contributed by atoms with Crippen molar-refractivity contribution < 1.29 is 0 Å². The van der Waals surface area contributed by atoms with Gasteiger partial charge in [-0.25, -0.2) is 15.0 Å². The fourth-order valence-corrected chi connectivity index (χ4v) is 9.28. The molecule has 8 aromatic carbocycles. The minimum absolute atomic E-state index is 0.699. The van der Waals surface area contributed by atoms with Gasteiger partial charge in [-0.3, -0.25) is 0 Å². The van der Waals surface area contributed by atoms with Gasteiger partial charge in [0, 0.05) is 58.6 Å². The Morgan fingerprint density at radius 3 is 1.68 bits per heavy atom. The highest BCUT2D eigenvalue weighted by molar-refractivity contribution is 7.26. The Morgan fingerprint density at radius 1 is 0.316 bits per heavy atom. The maximum atomic E-state index is 5.39. The summed E-state index contributed by atoms with van der Waals surface area (Å²) < 4.78 is 2.59. The SMILES string of the molecule is c1ccc(-c2nc(-c3ccc(-c4ccc5c(c4)nc(-c4ccccc4)c4ccc6sc7ccccc7c6c45)cc3)cc(-c3ccccc3-c3ccccc3)n2)cc1. The summed E-state index contributed by atoms with van der Waals surface area (Å²) in [5.41, 5.74) is 12.5. The van der Waals surface area contributed by atoms with Crippen LogP contribution in [0.15, 0.2) is 200 Å². The van der Waals surface area contributed by atoms with Crippen LogP contribution in [0.3, 0.4) is 0 Å². The van der Waals surface area contributed by atoms with Crippen molar-refractivity contribution in [1.29, 1.82) is 0 Å². The zero-order valence-electron chi connectivity index (χ0n) is 30.8. The summed E-state index contributed by atoms with van der Waals surface area (Å²) in [5, 5.41) is 6.20. The average Bonchev–Trinajstić information content (AvgIpc) is 3.68. The van der Waals surface area contributed by atoms with Gasteiger partial charge in [0.1, 0.15) is 0 Å². The van der Waals surface area contributed by atoms with E-state index in [1.807, 2.05) is 35.6 Å². The van der Waals surface area contributed by atoms with Crippen molar-refractivity contribution in [2.75, 3.05) is 0 Å². The third-order valence-corrected chi connectivity index (χ3v) is 12.0. The molecule has 11 rings (SSSR count). The van der Waals surface area contributed by atoms with Gasteiger partial charge in [0.05, 0.1) is 22.6 Å². The molecule has 0 radical (unpaired) electrons. The number of thiophene rings is 1. The number of nitrogens with zero attached hydrogens (tertiary/aromatic N) is 3. The monoisotopic (exact) mass is 743 g/mol. The van der Waals surface area contributed by atoms with Gasteiger partial charge in [-0.05, 0) is 46.5 Å². The Kier molecular flexibility index (Phi) is 8.01. The van der Waals surface area contributed by atoms with Gasteiger partial charge in [-0.1, -0.05) is 176 Å². The summed E-state index contributed by atoms with van der Waals surface area (Å²) in [6.07, 6.45) is 0. The standard InChI is InChI=1S/C53H33N3S/c1-4-14-35(15-5-1)40-20-10-11-21-41(40)47-33-45(55-53(56-47)38-18-8-3-9-19-38)36-26-24-34(25-27-36)39-28-29-42-46(32-39)54-52(37-16-6-2-7-17-37)44-30-31-49-51(50(42)44)43-22-12-13-23-48(43)57-49/h1-33H. The summed E-state index contributed by atoms with van der Waals surface area (Å²) in [6, 6.07) is 70.7. The van der Waals surface area contributed by atoms with Crippen molar-refractivity contribution in [2.45, 2.75) is 0 Å². The highest BCUT2D eigenvalue weighted by atomic mass is 32.1. The second-order valence-electron chi connectivity index (χ2n) is 14.3. The molecule has 0 fully saturated rings. The van der Waals surface area contributed by atoms with Crippen molar-refractivity contribution in [2.24, 2.45) is 0 Å². The predicted octanol–water partition coefficient (Wildman–Crippen LogP) is 14.5. The molecule has 3 aromatic heterocycles. The number of pyridine rings is 1.